The Bertz CT molecular complexity index is 613. The van der Waals surface area contributed by atoms with E-state index in [0.29, 0.717) is 25.1 Å². The highest BCUT2D eigenvalue weighted by atomic mass is 35.5. The van der Waals surface area contributed by atoms with Crippen molar-refractivity contribution >= 4 is 21.6 Å². The maximum Gasteiger partial charge on any atom is 0.244 e. The molecule has 1 N–H and O–H groups in total. The van der Waals surface area contributed by atoms with Gasteiger partial charge in [-0.05, 0) is 18.2 Å². The molecule has 0 heterocycles. The normalized spacial score (nSPS) is 11.2. The van der Waals surface area contributed by atoms with Crippen molar-refractivity contribution in [1.82, 2.24) is 4.31 Å². The van der Waals surface area contributed by atoms with Crippen LogP contribution in [0.4, 0.5) is 0 Å². The van der Waals surface area contributed by atoms with E-state index < -0.39 is 10.0 Å². The molecule has 20 heavy (non-hydrogen) atoms. The summed E-state index contributed by atoms with van der Waals surface area (Å²) in [6, 6.07) is 4.62. The van der Waals surface area contributed by atoms with Crippen LogP contribution in [0.25, 0.3) is 0 Å². The Balaban J connectivity index is 3.14. The van der Waals surface area contributed by atoms with E-state index in [2.05, 4.69) is 11.8 Å². The number of nitrogens with zero attached hydrogens (tertiary/aromatic N) is 1. The van der Waals surface area contributed by atoms with Crippen molar-refractivity contribution in [3.05, 3.63) is 28.8 Å². The predicted octanol–water partition coefficient (Wildman–Crippen LogP) is 2.10. The van der Waals surface area contributed by atoms with Crippen LogP contribution in [0.5, 0.6) is 0 Å². The summed E-state index contributed by atoms with van der Waals surface area (Å²) >= 11 is 6.06. The molecule has 0 saturated heterocycles. The van der Waals surface area contributed by atoms with Gasteiger partial charge in [0.15, 0.2) is 0 Å². The van der Waals surface area contributed by atoms with Gasteiger partial charge in [-0.3, -0.25) is 0 Å². The summed E-state index contributed by atoms with van der Waals surface area (Å²) in [5.41, 5.74) is 0.627. The molecule has 6 heteroatoms. The van der Waals surface area contributed by atoms with Crippen molar-refractivity contribution in [3.63, 3.8) is 0 Å². The Hall–Kier alpha value is -1.06. The molecule has 0 fully saturated rings. The smallest absolute Gasteiger partial charge is 0.244 e. The van der Waals surface area contributed by atoms with Crippen LogP contribution in [0, 0.1) is 11.8 Å². The van der Waals surface area contributed by atoms with Crippen molar-refractivity contribution in [2.45, 2.75) is 25.2 Å². The molecule has 0 spiro atoms. The first-order valence-corrected chi connectivity index (χ1v) is 8.18. The minimum absolute atomic E-state index is 0.00481. The summed E-state index contributed by atoms with van der Waals surface area (Å²) in [7, 11) is -3.56. The van der Waals surface area contributed by atoms with Crippen LogP contribution >= 0.6 is 11.6 Å². The Labute approximate surface area is 125 Å². The third kappa shape index (κ3) is 3.97. The first kappa shape index (κ1) is 17.0. The monoisotopic (exact) mass is 315 g/mol. The van der Waals surface area contributed by atoms with E-state index >= 15 is 0 Å². The van der Waals surface area contributed by atoms with Crippen molar-refractivity contribution in [2.24, 2.45) is 0 Å². The summed E-state index contributed by atoms with van der Waals surface area (Å²) in [5, 5.41) is 8.81. The van der Waals surface area contributed by atoms with Crippen LogP contribution < -0.4 is 0 Å². The summed E-state index contributed by atoms with van der Waals surface area (Å²) in [6.07, 6.45) is 0.372. The molecule has 1 aromatic rings. The van der Waals surface area contributed by atoms with Crippen LogP contribution in [0.3, 0.4) is 0 Å². The van der Waals surface area contributed by atoms with Gasteiger partial charge in [0.2, 0.25) is 10.0 Å². The number of benzene rings is 1. The lowest BCUT2D eigenvalue weighted by Crippen LogP contribution is -2.30. The predicted molar refractivity (Wildman–Crippen MR) is 80.1 cm³/mol. The lowest BCUT2D eigenvalue weighted by molar-refractivity contribution is 0.305. The number of aliphatic hydroxyl groups is 1. The van der Waals surface area contributed by atoms with E-state index in [1.165, 1.54) is 16.4 Å². The number of halogens is 1. The van der Waals surface area contributed by atoms with Gasteiger partial charge < -0.3 is 5.11 Å². The fourth-order valence-electron chi connectivity index (χ4n) is 1.71. The fourth-order valence-corrected chi connectivity index (χ4v) is 3.69. The summed E-state index contributed by atoms with van der Waals surface area (Å²) in [4.78, 5) is 0.0931. The molecule has 0 aromatic heterocycles. The second-order valence-electron chi connectivity index (χ2n) is 4.01. The number of hydrogen-bond donors (Lipinski definition) is 1. The van der Waals surface area contributed by atoms with Gasteiger partial charge in [-0.15, -0.1) is 0 Å². The van der Waals surface area contributed by atoms with Gasteiger partial charge in [-0.1, -0.05) is 37.3 Å². The van der Waals surface area contributed by atoms with E-state index in [4.69, 9.17) is 16.7 Å². The Morgan fingerprint density at radius 1 is 1.30 bits per heavy atom. The number of sulfonamides is 1. The highest BCUT2D eigenvalue weighted by Gasteiger charge is 2.24. The average molecular weight is 316 g/mol. The third-order valence-electron chi connectivity index (χ3n) is 2.72. The second kappa shape index (κ2) is 7.65. The minimum atomic E-state index is -3.56. The van der Waals surface area contributed by atoms with Gasteiger partial charge >= 0.3 is 0 Å². The standard InChI is InChI=1S/C14H18ClNO3S/c1-3-16(4-2)20(18,19)14-9-8-12(11-13(14)15)7-5-6-10-17/h8-9,11,17H,3-4,6,10H2,1-2H3. The Morgan fingerprint density at radius 2 is 1.95 bits per heavy atom. The van der Waals surface area contributed by atoms with E-state index in [0.717, 1.165) is 0 Å². The van der Waals surface area contributed by atoms with Gasteiger partial charge in [0.05, 0.1) is 11.6 Å². The van der Waals surface area contributed by atoms with Crippen LogP contribution in [-0.2, 0) is 10.0 Å². The largest absolute Gasteiger partial charge is 0.395 e. The van der Waals surface area contributed by atoms with Gasteiger partial charge in [0.25, 0.3) is 0 Å². The van der Waals surface area contributed by atoms with Crippen molar-refractivity contribution in [2.75, 3.05) is 19.7 Å². The van der Waals surface area contributed by atoms with Crippen LogP contribution in [0.2, 0.25) is 5.02 Å². The molecule has 0 saturated carbocycles. The fraction of sp³-hybridized carbons (Fsp3) is 0.429. The molecule has 0 bridgehead atoms. The van der Waals surface area contributed by atoms with E-state index in [-0.39, 0.29) is 16.5 Å². The molecule has 0 aliphatic heterocycles. The van der Waals surface area contributed by atoms with Crippen LogP contribution in [0.1, 0.15) is 25.8 Å². The summed E-state index contributed by atoms with van der Waals surface area (Å²) < 4.78 is 26.1. The summed E-state index contributed by atoms with van der Waals surface area (Å²) in [5.74, 6) is 5.58. The van der Waals surface area contributed by atoms with Crippen molar-refractivity contribution in [1.29, 1.82) is 0 Å². The zero-order valence-corrected chi connectivity index (χ0v) is 13.1. The molecule has 0 atom stereocenters. The highest BCUT2D eigenvalue weighted by molar-refractivity contribution is 7.89. The van der Waals surface area contributed by atoms with Crippen LogP contribution in [-0.4, -0.2) is 37.5 Å². The molecule has 1 rings (SSSR count). The Morgan fingerprint density at radius 3 is 2.45 bits per heavy atom. The van der Waals surface area contributed by atoms with Gasteiger partial charge in [0.1, 0.15) is 4.90 Å². The number of aliphatic hydroxyl groups excluding tert-OH is 1. The highest BCUT2D eigenvalue weighted by Crippen LogP contribution is 2.25. The van der Waals surface area contributed by atoms with E-state index in [9.17, 15) is 8.42 Å². The maximum absolute atomic E-state index is 12.4. The molecule has 110 valence electrons. The first-order valence-electron chi connectivity index (χ1n) is 6.36. The molecule has 1 aromatic carbocycles. The third-order valence-corrected chi connectivity index (χ3v) is 5.26. The maximum atomic E-state index is 12.4. The van der Waals surface area contributed by atoms with Gasteiger partial charge in [-0.2, -0.15) is 4.31 Å². The minimum Gasteiger partial charge on any atom is -0.395 e. The van der Waals surface area contributed by atoms with Crippen molar-refractivity contribution in [3.8, 4) is 11.8 Å². The second-order valence-corrected chi connectivity index (χ2v) is 6.32. The zero-order chi connectivity index (χ0) is 15.2. The molecule has 0 radical (unpaired) electrons. The van der Waals surface area contributed by atoms with Crippen LogP contribution in [0.15, 0.2) is 23.1 Å². The molecule has 0 aliphatic rings. The number of hydrogen-bond acceptors (Lipinski definition) is 3. The topological polar surface area (TPSA) is 57.6 Å². The summed E-state index contributed by atoms with van der Waals surface area (Å²) in [6.45, 7) is 4.35. The molecule has 4 nitrogen and oxygen atoms in total. The molecule has 0 unspecified atom stereocenters. The lowest BCUT2D eigenvalue weighted by atomic mass is 10.2. The molecule has 0 aliphatic carbocycles. The average Bonchev–Trinajstić information content (AvgIpc) is 2.40. The first-order chi connectivity index (χ1) is 9.47. The Kier molecular flexibility index (Phi) is 6.50. The quantitative estimate of drug-likeness (QED) is 0.847. The van der Waals surface area contributed by atoms with Crippen molar-refractivity contribution < 1.29 is 13.5 Å². The lowest BCUT2D eigenvalue weighted by Gasteiger charge is -2.19. The molecular weight excluding hydrogens is 298 g/mol. The SMILES string of the molecule is CCN(CC)S(=O)(=O)c1ccc(C#CCCO)cc1Cl. The van der Waals surface area contributed by atoms with E-state index in [1.807, 2.05) is 0 Å². The number of rotatable bonds is 5. The zero-order valence-electron chi connectivity index (χ0n) is 11.6. The molecule has 0 amide bonds. The molecular formula is C14H18ClNO3S. The van der Waals surface area contributed by atoms with Gasteiger partial charge in [-0.25, -0.2) is 8.42 Å². The van der Waals surface area contributed by atoms with Gasteiger partial charge in [0, 0.05) is 25.1 Å². The van der Waals surface area contributed by atoms with E-state index in [1.54, 1.807) is 19.9 Å².